The first-order chi connectivity index (χ1) is 14.5. The molecule has 2 aromatic rings. The molecule has 0 saturated carbocycles. The van der Waals surface area contributed by atoms with Gasteiger partial charge in [-0.1, -0.05) is 0 Å². The van der Waals surface area contributed by atoms with E-state index in [2.05, 4.69) is 0 Å². The molecular weight excluding hydrogens is 388 g/mol. The SMILES string of the molecule is CCOCCN1C(=O)c2ccc3c4c(ccc(c24)C1=O)C(=O)N(CCOCC)C3=O. The normalized spacial score (nSPS) is 15.5. The Balaban J connectivity index is 1.80. The fourth-order valence-corrected chi connectivity index (χ4v) is 3.98. The van der Waals surface area contributed by atoms with Crippen molar-refractivity contribution in [1.29, 1.82) is 0 Å². The van der Waals surface area contributed by atoms with Crippen molar-refractivity contribution >= 4 is 34.4 Å². The van der Waals surface area contributed by atoms with Gasteiger partial charge >= 0.3 is 0 Å². The molecule has 8 nitrogen and oxygen atoms in total. The predicted molar refractivity (Wildman–Crippen MR) is 108 cm³/mol. The number of hydrogen-bond donors (Lipinski definition) is 0. The highest BCUT2D eigenvalue weighted by atomic mass is 16.5. The molecule has 0 N–H and O–H groups in total. The van der Waals surface area contributed by atoms with Gasteiger partial charge in [0, 0.05) is 46.2 Å². The molecule has 0 radical (unpaired) electrons. The number of amides is 4. The molecule has 0 fully saturated rings. The molecule has 0 aromatic heterocycles. The van der Waals surface area contributed by atoms with Gasteiger partial charge in [0.15, 0.2) is 0 Å². The number of imide groups is 2. The van der Waals surface area contributed by atoms with Crippen LogP contribution in [0.4, 0.5) is 0 Å². The third-order valence-electron chi connectivity index (χ3n) is 5.39. The van der Waals surface area contributed by atoms with Gasteiger partial charge in [0.05, 0.1) is 26.3 Å². The van der Waals surface area contributed by atoms with Crippen LogP contribution in [0, 0.1) is 0 Å². The first-order valence-electron chi connectivity index (χ1n) is 9.98. The average Bonchev–Trinajstić information content (AvgIpc) is 2.75. The minimum absolute atomic E-state index is 0.138. The molecule has 0 atom stereocenters. The molecule has 0 spiro atoms. The van der Waals surface area contributed by atoms with E-state index in [9.17, 15) is 19.2 Å². The Morgan fingerprint density at radius 1 is 0.600 bits per heavy atom. The Bertz CT molecular complexity index is 922. The molecule has 2 aromatic carbocycles. The Morgan fingerprint density at radius 3 is 1.17 bits per heavy atom. The summed E-state index contributed by atoms with van der Waals surface area (Å²) in [6.45, 7) is 5.41. The van der Waals surface area contributed by atoms with E-state index in [-0.39, 0.29) is 26.3 Å². The maximum atomic E-state index is 13.0. The van der Waals surface area contributed by atoms with Crippen LogP contribution in [0.15, 0.2) is 24.3 Å². The molecule has 156 valence electrons. The fourth-order valence-electron chi connectivity index (χ4n) is 3.98. The number of carbonyl (C=O) groups is 4. The van der Waals surface area contributed by atoms with Crippen LogP contribution < -0.4 is 0 Å². The molecule has 0 bridgehead atoms. The third kappa shape index (κ3) is 3.00. The molecule has 0 unspecified atom stereocenters. The zero-order valence-corrected chi connectivity index (χ0v) is 16.9. The van der Waals surface area contributed by atoms with Crippen molar-refractivity contribution in [3.63, 3.8) is 0 Å². The van der Waals surface area contributed by atoms with Gasteiger partial charge in [0.2, 0.25) is 0 Å². The van der Waals surface area contributed by atoms with E-state index in [1.807, 2.05) is 13.8 Å². The number of carbonyl (C=O) groups excluding carboxylic acids is 4. The molecule has 0 saturated heterocycles. The summed E-state index contributed by atoms with van der Waals surface area (Å²) in [6.07, 6.45) is 0. The van der Waals surface area contributed by atoms with Crippen molar-refractivity contribution in [2.24, 2.45) is 0 Å². The largest absolute Gasteiger partial charge is 0.380 e. The van der Waals surface area contributed by atoms with Crippen molar-refractivity contribution in [2.45, 2.75) is 13.8 Å². The molecule has 0 aliphatic carbocycles. The van der Waals surface area contributed by atoms with E-state index in [4.69, 9.17) is 9.47 Å². The van der Waals surface area contributed by atoms with E-state index < -0.39 is 23.6 Å². The second-order valence-electron chi connectivity index (χ2n) is 6.99. The van der Waals surface area contributed by atoms with Crippen LogP contribution in [0.25, 0.3) is 10.8 Å². The second kappa shape index (κ2) is 7.97. The number of ether oxygens (including phenoxy) is 2. The summed E-state index contributed by atoms with van der Waals surface area (Å²) >= 11 is 0. The summed E-state index contributed by atoms with van der Waals surface area (Å²) in [5, 5.41) is 0.748. The number of benzene rings is 2. The van der Waals surface area contributed by atoms with Crippen molar-refractivity contribution in [3.05, 3.63) is 46.5 Å². The predicted octanol–water partition coefficient (Wildman–Crippen LogP) is 2.10. The summed E-state index contributed by atoms with van der Waals surface area (Å²) < 4.78 is 10.6. The first-order valence-corrected chi connectivity index (χ1v) is 9.98. The van der Waals surface area contributed by atoms with Gasteiger partial charge in [-0.15, -0.1) is 0 Å². The van der Waals surface area contributed by atoms with Crippen molar-refractivity contribution in [3.8, 4) is 0 Å². The standard InChI is InChI=1S/C22H22N2O6/c1-3-29-11-9-23-19(25)13-5-7-15-18-16(8-6-14(17(13)18)20(23)26)22(28)24(21(15)27)10-12-30-4-2/h5-8H,3-4,9-12H2,1-2H3. The monoisotopic (exact) mass is 410 g/mol. The van der Waals surface area contributed by atoms with Crippen LogP contribution in [0.2, 0.25) is 0 Å². The maximum Gasteiger partial charge on any atom is 0.261 e. The fraction of sp³-hybridized carbons (Fsp3) is 0.364. The highest BCUT2D eigenvalue weighted by Crippen LogP contribution is 2.37. The van der Waals surface area contributed by atoms with Crippen molar-refractivity contribution < 1.29 is 28.7 Å². The zero-order chi connectivity index (χ0) is 21.4. The maximum absolute atomic E-state index is 13.0. The van der Waals surface area contributed by atoms with E-state index in [0.717, 1.165) is 9.80 Å². The van der Waals surface area contributed by atoms with Crippen LogP contribution in [0.3, 0.4) is 0 Å². The molecular formula is C22H22N2O6. The lowest BCUT2D eigenvalue weighted by atomic mass is 9.86. The molecule has 4 amide bonds. The average molecular weight is 410 g/mol. The van der Waals surface area contributed by atoms with Gasteiger partial charge in [0.25, 0.3) is 23.6 Å². The topological polar surface area (TPSA) is 93.2 Å². The molecule has 30 heavy (non-hydrogen) atoms. The minimum atomic E-state index is -0.449. The highest BCUT2D eigenvalue weighted by molar-refractivity contribution is 6.33. The van der Waals surface area contributed by atoms with Crippen LogP contribution in [0.1, 0.15) is 55.3 Å². The van der Waals surface area contributed by atoms with Crippen LogP contribution in [-0.2, 0) is 9.47 Å². The zero-order valence-electron chi connectivity index (χ0n) is 16.9. The van der Waals surface area contributed by atoms with Gasteiger partial charge < -0.3 is 9.47 Å². The summed E-state index contributed by atoms with van der Waals surface area (Å²) in [5.74, 6) is -1.80. The van der Waals surface area contributed by atoms with Gasteiger partial charge in [-0.3, -0.25) is 29.0 Å². The lowest BCUT2D eigenvalue weighted by Gasteiger charge is -2.31. The summed E-state index contributed by atoms with van der Waals surface area (Å²) in [7, 11) is 0. The Hall–Kier alpha value is -3.10. The highest BCUT2D eigenvalue weighted by Gasteiger charge is 2.39. The Morgan fingerprint density at radius 2 is 0.900 bits per heavy atom. The number of hydrogen-bond acceptors (Lipinski definition) is 6. The minimum Gasteiger partial charge on any atom is -0.380 e. The van der Waals surface area contributed by atoms with Crippen LogP contribution >= 0.6 is 0 Å². The lowest BCUT2D eigenvalue weighted by Crippen LogP contribution is -2.44. The Labute approximate surface area is 173 Å². The van der Waals surface area contributed by atoms with Gasteiger partial charge in [-0.2, -0.15) is 0 Å². The molecule has 2 aliphatic heterocycles. The third-order valence-corrected chi connectivity index (χ3v) is 5.39. The van der Waals surface area contributed by atoms with E-state index in [1.54, 1.807) is 24.3 Å². The van der Waals surface area contributed by atoms with Crippen LogP contribution in [-0.4, -0.2) is 72.9 Å². The molecule has 2 aliphatic rings. The summed E-state index contributed by atoms with van der Waals surface area (Å²) in [6, 6.07) is 6.23. The van der Waals surface area contributed by atoms with E-state index in [1.165, 1.54) is 0 Å². The lowest BCUT2D eigenvalue weighted by molar-refractivity contribution is 0.0515. The second-order valence-corrected chi connectivity index (χ2v) is 6.99. The molecule has 2 heterocycles. The van der Waals surface area contributed by atoms with Crippen molar-refractivity contribution in [2.75, 3.05) is 39.5 Å². The van der Waals surface area contributed by atoms with E-state index in [0.29, 0.717) is 46.2 Å². The van der Waals surface area contributed by atoms with Gasteiger partial charge in [0.1, 0.15) is 0 Å². The Kier molecular flexibility index (Phi) is 5.36. The first kappa shape index (κ1) is 20.2. The smallest absolute Gasteiger partial charge is 0.261 e. The van der Waals surface area contributed by atoms with Crippen molar-refractivity contribution in [1.82, 2.24) is 9.80 Å². The van der Waals surface area contributed by atoms with Gasteiger partial charge in [-0.05, 0) is 38.1 Å². The summed E-state index contributed by atoms with van der Waals surface area (Å²) in [4.78, 5) is 54.3. The molecule has 8 heteroatoms. The molecule has 4 rings (SSSR count). The van der Waals surface area contributed by atoms with E-state index >= 15 is 0 Å². The number of nitrogens with zero attached hydrogens (tertiary/aromatic N) is 2. The summed E-state index contributed by atoms with van der Waals surface area (Å²) in [5.41, 5.74) is 1.24. The quantitative estimate of drug-likeness (QED) is 0.489. The van der Waals surface area contributed by atoms with Crippen LogP contribution in [0.5, 0.6) is 0 Å². The number of rotatable bonds is 8. The van der Waals surface area contributed by atoms with Gasteiger partial charge in [-0.25, -0.2) is 0 Å².